The van der Waals surface area contributed by atoms with E-state index >= 15 is 0 Å². The minimum atomic E-state index is -1.03. The van der Waals surface area contributed by atoms with Gasteiger partial charge < -0.3 is 14.8 Å². The Hall–Kier alpha value is -3.68. The fourth-order valence-corrected chi connectivity index (χ4v) is 6.03. The third kappa shape index (κ3) is 4.47. The van der Waals surface area contributed by atoms with Gasteiger partial charge in [0.25, 0.3) is 5.91 Å². The number of likely N-dealkylation sites (tertiary alicyclic amines) is 1. The lowest BCUT2D eigenvalue weighted by Crippen LogP contribution is -2.50. The van der Waals surface area contributed by atoms with Crippen LogP contribution in [0.5, 0.6) is 11.5 Å². The average Bonchev–Trinajstić information content (AvgIpc) is 3.55. The highest BCUT2D eigenvalue weighted by atomic mass is 16.5. The molecule has 5 rings (SSSR count). The maximum absolute atomic E-state index is 13.2. The normalized spacial score (nSPS) is 25.1. The van der Waals surface area contributed by atoms with Gasteiger partial charge in [-0.05, 0) is 73.4 Å². The van der Waals surface area contributed by atoms with Crippen molar-refractivity contribution in [1.29, 1.82) is 0 Å². The van der Waals surface area contributed by atoms with Crippen LogP contribution >= 0.6 is 0 Å². The van der Waals surface area contributed by atoms with Gasteiger partial charge in [-0.25, -0.2) is 4.79 Å². The molecule has 1 heterocycles. The maximum atomic E-state index is 13.2. The van der Waals surface area contributed by atoms with Crippen molar-refractivity contribution in [3.8, 4) is 11.5 Å². The van der Waals surface area contributed by atoms with Crippen molar-refractivity contribution in [3.05, 3.63) is 54.6 Å². The molecule has 0 radical (unpaired) electrons. The lowest BCUT2D eigenvalue weighted by Gasteiger charge is -2.28. The van der Waals surface area contributed by atoms with Crippen LogP contribution < -0.4 is 10.1 Å². The smallest absolute Gasteiger partial charge is 0.330 e. The van der Waals surface area contributed by atoms with Crippen molar-refractivity contribution < 1.29 is 28.7 Å². The Bertz CT molecular complexity index is 1130. The molecule has 0 spiro atoms. The van der Waals surface area contributed by atoms with Crippen molar-refractivity contribution in [3.63, 3.8) is 0 Å². The number of amides is 3. The standard InChI is InChI=1S/C28H30N2O6/c1-16(2)25(30-26(32)23-17-8-9-18(14-17)24(23)27(30)33)28(34)35-15-22(31)29-19-10-12-21(13-11-19)36-20-6-4-3-5-7-20/h3-7,10-13,16-18,23-25H,8-9,14-15H2,1-2H3,(H,29,31)/t17-,18-,23-,24+,25-/m0/s1. The van der Waals surface area contributed by atoms with E-state index in [4.69, 9.17) is 9.47 Å². The topological polar surface area (TPSA) is 102 Å². The van der Waals surface area contributed by atoms with Gasteiger partial charge in [0.1, 0.15) is 17.5 Å². The molecule has 2 saturated carbocycles. The number of nitrogens with zero attached hydrogens (tertiary/aromatic N) is 1. The molecule has 8 heteroatoms. The van der Waals surface area contributed by atoms with Crippen molar-refractivity contribution in [2.75, 3.05) is 11.9 Å². The van der Waals surface area contributed by atoms with E-state index in [0.717, 1.165) is 24.2 Å². The molecule has 188 valence electrons. The monoisotopic (exact) mass is 490 g/mol. The molecular weight excluding hydrogens is 460 g/mol. The molecule has 8 nitrogen and oxygen atoms in total. The molecular formula is C28H30N2O6. The molecule has 3 aliphatic rings. The Morgan fingerprint density at radius 2 is 1.50 bits per heavy atom. The predicted octanol–water partition coefficient (Wildman–Crippen LogP) is 4.02. The van der Waals surface area contributed by atoms with Crippen LogP contribution in [0.2, 0.25) is 0 Å². The Labute approximate surface area is 209 Å². The average molecular weight is 491 g/mol. The first-order valence-corrected chi connectivity index (χ1v) is 12.5. The summed E-state index contributed by atoms with van der Waals surface area (Å²) in [6, 6.07) is 15.1. The molecule has 1 saturated heterocycles. The number of hydrogen-bond acceptors (Lipinski definition) is 6. The van der Waals surface area contributed by atoms with Crippen LogP contribution in [0.1, 0.15) is 33.1 Å². The third-order valence-corrected chi connectivity index (χ3v) is 7.58. The summed E-state index contributed by atoms with van der Waals surface area (Å²) in [7, 11) is 0. The second kappa shape index (κ2) is 9.76. The first kappa shape index (κ1) is 24.0. The van der Waals surface area contributed by atoms with E-state index in [-0.39, 0.29) is 41.4 Å². The summed E-state index contributed by atoms with van der Waals surface area (Å²) >= 11 is 0. The fourth-order valence-electron chi connectivity index (χ4n) is 6.03. The second-order valence-electron chi connectivity index (χ2n) is 10.2. The Kier molecular flexibility index (Phi) is 6.51. The number of esters is 1. The van der Waals surface area contributed by atoms with Gasteiger partial charge in [-0.2, -0.15) is 0 Å². The molecule has 1 aliphatic heterocycles. The summed E-state index contributed by atoms with van der Waals surface area (Å²) in [6.45, 7) is 3.03. The Morgan fingerprint density at radius 1 is 0.917 bits per heavy atom. The number of carbonyl (C=O) groups excluding carboxylic acids is 4. The third-order valence-electron chi connectivity index (χ3n) is 7.58. The van der Waals surface area contributed by atoms with Gasteiger partial charge in [-0.1, -0.05) is 32.0 Å². The van der Waals surface area contributed by atoms with E-state index in [9.17, 15) is 19.2 Å². The first-order chi connectivity index (χ1) is 17.3. The van der Waals surface area contributed by atoms with Crippen LogP contribution in [0.15, 0.2) is 54.6 Å². The molecule has 5 atom stereocenters. The molecule has 3 amide bonds. The fraction of sp³-hybridized carbons (Fsp3) is 0.429. The van der Waals surface area contributed by atoms with Crippen LogP contribution in [0.4, 0.5) is 5.69 Å². The van der Waals surface area contributed by atoms with Crippen molar-refractivity contribution >= 4 is 29.4 Å². The SMILES string of the molecule is CC(C)[C@@H](C(=O)OCC(=O)Nc1ccc(Oc2ccccc2)cc1)N1C(=O)[C@@H]2[C@H]3CC[C@@H](C3)[C@@H]2C1=O. The van der Waals surface area contributed by atoms with Gasteiger partial charge in [0.05, 0.1) is 11.8 Å². The summed E-state index contributed by atoms with van der Waals surface area (Å²) < 4.78 is 11.0. The quantitative estimate of drug-likeness (QED) is 0.443. The second-order valence-corrected chi connectivity index (χ2v) is 10.2. The van der Waals surface area contributed by atoms with E-state index in [1.165, 1.54) is 0 Å². The van der Waals surface area contributed by atoms with Crippen molar-refractivity contribution in [2.24, 2.45) is 29.6 Å². The number of benzene rings is 2. The van der Waals surface area contributed by atoms with E-state index in [1.807, 2.05) is 30.3 Å². The number of anilines is 1. The summed E-state index contributed by atoms with van der Waals surface area (Å²) in [5, 5.41) is 2.68. The van der Waals surface area contributed by atoms with Crippen LogP contribution in [0.3, 0.4) is 0 Å². The first-order valence-electron chi connectivity index (χ1n) is 12.5. The molecule has 36 heavy (non-hydrogen) atoms. The molecule has 1 N–H and O–H groups in total. The van der Waals surface area contributed by atoms with Gasteiger partial charge in [0.2, 0.25) is 11.8 Å². The molecule has 2 aliphatic carbocycles. The molecule has 3 fully saturated rings. The zero-order valence-corrected chi connectivity index (χ0v) is 20.4. The van der Waals surface area contributed by atoms with Gasteiger partial charge in [0, 0.05) is 5.69 Å². The summed E-state index contributed by atoms with van der Waals surface area (Å²) in [5.74, 6) is -0.911. The Morgan fingerprint density at radius 3 is 2.08 bits per heavy atom. The minimum absolute atomic E-state index is 0.237. The number of imide groups is 1. The number of carbonyl (C=O) groups is 4. The molecule has 2 aromatic carbocycles. The summed E-state index contributed by atoms with van der Waals surface area (Å²) in [4.78, 5) is 52.9. The zero-order chi connectivity index (χ0) is 25.4. The van der Waals surface area contributed by atoms with Crippen LogP contribution in [-0.4, -0.2) is 41.2 Å². The van der Waals surface area contributed by atoms with Crippen molar-refractivity contribution in [1.82, 2.24) is 4.90 Å². The minimum Gasteiger partial charge on any atom is -0.457 e. The number of ether oxygens (including phenoxy) is 2. The van der Waals surface area contributed by atoms with E-state index in [0.29, 0.717) is 17.2 Å². The predicted molar refractivity (Wildman–Crippen MR) is 131 cm³/mol. The van der Waals surface area contributed by atoms with Crippen LogP contribution in [0, 0.1) is 29.6 Å². The molecule has 2 bridgehead atoms. The molecule has 0 unspecified atom stereocenters. The van der Waals surface area contributed by atoms with E-state index < -0.39 is 24.5 Å². The van der Waals surface area contributed by atoms with Gasteiger partial charge in [0.15, 0.2) is 6.61 Å². The highest BCUT2D eigenvalue weighted by molar-refractivity contribution is 6.08. The number of fused-ring (bicyclic) bond motifs is 5. The Balaban J connectivity index is 1.17. The summed E-state index contributed by atoms with van der Waals surface area (Å²) in [6.07, 6.45) is 2.86. The molecule has 2 aromatic rings. The maximum Gasteiger partial charge on any atom is 0.330 e. The number of nitrogens with one attached hydrogen (secondary N) is 1. The highest BCUT2D eigenvalue weighted by Gasteiger charge is 2.62. The number of hydrogen-bond donors (Lipinski definition) is 1. The lowest BCUT2D eigenvalue weighted by atomic mass is 9.81. The lowest BCUT2D eigenvalue weighted by molar-refractivity contribution is -0.162. The largest absolute Gasteiger partial charge is 0.457 e. The van der Waals surface area contributed by atoms with Crippen LogP contribution in [-0.2, 0) is 23.9 Å². The van der Waals surface area contributed by atoms with Crippen LogP contribution in [0.25, 0.3) is 0 Å². The number of rotatable bonds is 8. The highest BCUT2D eigenvalue weighted by Crippen LogP contribution is 2.56. The van der Waals surface area contributed by atoms with Crippen molar-refractivity contribution in [2.45, 2.75) is 39.2 Å². The van der Waals surface area contributed by atoms with E-state index in [1.54, 1.807) is 38.1 Å². The molecule has 0 aromatic heterocycles. The van der Waals surface area contributed by atoms with E-state index in [2.05, 4.69) is 5.32 Å². The zero-order valence-electron chi connectivity index (χ0n) is 20.4. The summed E-state index contributed by atoms with van der Waals surface area (Å²) in [5.41, 5.74) is 0.519. The van der Waals surface area contributed by atoms with Gasteiger partial charge in [-0.15, -0.1) is 0 Å². The van der Waals surface area contributed by atoms with Gasteiger partial charge >= 0.3 is 5.97 Å². The van der Waals surface area contributed by atoms with Gasteiger partial charge in [-0.3, -0.25) is 19.3 Å². The number of para-hydroxylation sites is 1.